The summed E-state index contributed by atoms with van der Waals surface area (Å²) < 4.78 is 76.9. The SMILES string of the molecule is N[C@@H](c1ccc(C(F)(F)F)cc1C(F)(F)F)[C@H](O)C1CCC1. The molecule has 0 amide bonds. The lowest BCUT2D eigenvalue weighted by Crippen LogP contribution is -2.37. The largest absolute Gasteiger partial charge is 0.416 e. The first-order valence-corrected chi connectivity index (χ1v) is 6.74. The van der Waals surface area contributed by atoms with E-state index in [1.54, 1.807) is 0 Å². The van der Waals surface area contributed by atoms with Crippen LogP contribution in [0.4, 0.5) is 26.3 Å². The maximum absolute atomic E-state index is 13.0. The zero-order chi connectivity index (χ0) is 16.7. The van der Waals surface area contributed by atoms with Crippen molar-refractivity contribution in [3.63, 3.8) is 0 Å². The van der Waals surface area contributed by atoms with Gasteiger partial charge >= 0.3 is 12.4 Å². The van der Waals surface area contributed by atoms with E-state index in [1.807, 2.05) is 0 Å². The third-order valence-corrected chi connectivity index (χ3v) is 4.05. The van der Waals surface area contributed by atoms with Gasteiger partial charge < -0.3 is 10.8 Å². The Morgan fingerprint density at radius 3 is 2.05 bits per heavy atom. The fraction of sp³-hybridized carbons (Fsp3) is 0.571. The van der Waals surface area contributed by atoms with E-state index in [0.717, 1.165) is 6.42 Å². The molecule has 1 aromatic carbocycles. The molecule has 0 radical (unpaired) electrons. The standard InChI is InChI=1S/C14H15F6NO/c15-13(16,17)8-4-5-9(10(6-8)14(18,19)20)11(21)12(22)7-2-1-3-7/h4-7,11-12,22H,1-3,21H2/t11-,12+/m0/s1. The Morgan fingerprint density at radius 1 is 1.05 bits per heavy atom. The lowest BCUT2D eigenvalue weighted by Gasteiger charge is -2.34. The van der Waals surface area contributed by atoms with Gasteiger partial charge in [0, 0.05) is 0 Å². The van der Waals surface area contributed by atoms with Crippen molar-refractivity contribution in [2.45, 2.75) is 43.8 Å². The number of rotatable bonds is 3. The molecule has 2 atom stereocenters. The molecular weight excluding hydrogens is 312 g/mol. The van der Waals surface area contributed by atoms with Gasteiger partial charge in [-0.3, -0.25) is 0 Å². The minimum Gasteiger partial charge on any atom is -0.391 e. The lowest BCUT2D eigenvalue weighted by molar-refractivity contribution is -0.143. The molecule has 0 aromatic heterocycles. The minimum absolute atomic E-state index is 0.0443. The number of nitrogens with two attached hydrogens (primary N) is 1. The molecule has 0 spiro atoms. The molecule has 124 valence electrons. The normalized spacial score (nSPS) is 19.6. The highest BCUT2D eigenvalue weighted by atomic mass is 19.4. The smallest absolute Gasteiger partial charge is 0.391 e. The maximum atomic E-state index is 13.0. The highest BCUT2D eigenvalue weighted by molar-refractivity contribution is 5.38. The van der Waals surface area contributed by atoms with Crippen LogP contribution in [0.3, 0.4) is 0 Å². The van der Waals surface area contributed by atoms with Gasteiger partial charge in [-0.25, -0.2) is 0 Å². The lowest BCUT2D eigenvalue weighted by atomic mass is 9.77. The number of aliphatic hydroxyl groups is 1. The molecule has 1 aliphatic carbocycles. The summed E-state index contributed by atoms with van der Waals surface area (Å²) in [6.45, 7) is 0. The van der Waals surface area contributed by atoms with Gasteiger partial charge in [-0.1, -0.05) is 12.5 Å². The molecule has 0 saturated heterocycles. The molecule has 0 bridgehead atoms. The molecule has 8 heteroatoms. The van der Waals surface area contributed by atoms with Crippen molar-refractivity contribution < 1.29 is 31.4 Å². The van der Waals surface area contributed by atoms with Crippen molar-refractivity contribution in [1.82, 2.24) is 0 Å². The van der Waals surface area contributed by atoms with E-state index < -0.39 is 41.2 Å². The first-order valence-electron chi connectivity index (χ1n) is 6.74. The summed E-state index contributed by atoms with van der Waals surface area (Å²) in [5.41, 5.74) is 2.32. The Labute approximate surface area is 122 Å². The van der Waals surface area contributed by atoms with Crippen LogP contribution in [0.25, 0.3) is 0 Å². The predicted octanol–water partition coefficient (Wildman–Crippen LogP) is 3.89. The van der Waals surface area contributed by atoms with Crippen molar-refractivity contribution in [2.75, 3.05) is 0 Å². The Hall–Kier alpha value is -1.28. The van der Waals surface area contributed by atoms with Crippen LogP contribution < -0.4 is 5.73 Å². The number of hydrogen-bond donors (Lipinski definition) is 2. The average molecular weight is 327 g/mol. The van der Waals surface area contributed by atoms with Crippen LogP contribution in [0, 0.1) is 5.92 Å². The highest BCUT2D eigenvalue weighted by Crippen LogP contribution is 2.41. The number of benzene rings is 1. The summed E-state index contributed by atoms with van der Waals surface area (Å²) in [6, 6.07) is -0.0667. The zero-order valence-corrected chi connectivity index (χ0v) is 11.4. The second kappa shape index (κ2) is 5.73. The van der Waals surface area contributed by atoms with Crippen LogP contribution in [0.2, 0.25) is 0 Å². The van der Waals surface area contributed by atoms with Gasteiger partial charge in [0.15, 0.2) is 0 Å². The van der Waals surface area contributed by atoms with E-state index in [1.165, 1.54) is 0 Å². The molecule has 0 aliphatic heterocycles. The number of aliphatic hydroxyl groups excluding tert-OH is 1. The predicted molar refractivity (Wildman–Crippen MR) is 66.7 cm³/mol. The first kappa shape index (κ1) is 17.1. The van der Waals surface area contributed by atoms with E-state index in [9.17, 15) is 31.4 Å². The molecule has 1 fully saturated rings. The molecule has 3 N–H and O–H groups in total. The van der Waals surface area contributed by atoms with Gasteiger partial charge in [0.2, 0.25) is 0 Å². The molecule has 1 aromatic rings. The highest BCUT2D eigenvalue weighted by Gasteiger charge is 2.41. The Kier molecular flexibility index (Phi) is 4.45. The monoisotopic (exact) mass is 327 g/mol. The Balaban J connectivity index is 2.41. The van der Waals surface area contributed by atoms with Crippen molar-refractivity contribution in [3.8, 4) is 0 Å². The third-order valence-electron chi connectivity index (χ3n) is 4.05. The first-order chi connectivity index (χ1) is 10.0. The summed E-state index contributed by atoms with van der Waals surface area (Å²) in [5, 5.41) is 10.00. The third kappa shape index (κ3) is 3.38. The number of halogens is 6. The molecule has 2 nitrogen and oxygen atoms in total. The molecular formula is C14H15F6NO. The quantitative estimate of drug-likeness (QED) is 0.828. The molecule has 22 heavy (non-hydrogen) atoms. The Morgan fingerprint density at radius 2 is 1.64 bits per heavy atom. The zero-order valence-electron chi connectivity index (χ0n) is 11.4. The summed E-state index contributed by atoms with van der Waals surface area (Å²) >= 11 is 0. The molecule has 0 heterocycles. The van der Waals surface area contributed by atoms with Gasteiger partial charge in [0.1, 0.15) is 0 Å². The van der Waals surface area contributed by atoms with Gasteiger partial charge in [-0.2, -0.15) is 26.3 Å². The van der Waals surface area contributed by atoms with Crippen LogP contribution in [-0.4, -0.2) is 11.2 Å². The second-order valence-corrected chi connectivity index (χ2v) is 5.50. The topological polar surface area (TPSA) is 46.2 Å². The van der Waals surface area contributed by atoms with Crippen LogP contribution in [0.15, 0.2) is 18.2 Å². The fourth-order valence-corrected chi connectivity index (χ4v) is 2.53. The number of hydrogen-bond acceptors (Lipinski definition) is 2. The van der Waals surface area contributed by atoms with E-state index in [-0.39, 0.29) is 12.0 Å². The van der Waals surface area contributed by atoms with Gasteiger partial charge in [-0.05, 0) is 36.5 Å². The maximum Gasteiger partial charge on any atom is 0.416 e. The number of alkyl halides is 6. The van der Waals surface area contributed by atoms with Crippen molar-refractivity contribution in [2.24, 2.45) is 11.7 Å². The minimum atomic E-state index is -4.98. The van der Waals surface area contributed by atoms with Crippen LogP contribution in [0.5, 0.6) is 0 Å². The van der Waals surface area contributed by atoms with Crippen molar-refractivity contribution >= 4 is 0 Å². The molecule has 1 saturated carbocycles. The average Bonchev–Trinajstić information content (AvgIpc) is 2.32. The summed E-state index contributed by atoms with van der Waals surface area (Å²) in [6.07, 6.45) is -8.91. The van der Waals surface area contributed by atoms with Gasteiger partial charge in [0.25, 0.3) is 0 Å². The molecule has 2 rings (SSSR count). The van der Waals surface area contributed by atoms with E-state index in [0.29, 0.717) is 25.0 Å². The summed E-state index contributed by atoms with van der Waals surface area (Å²) in [4.78, 5) is 0. The van der Waals surface area contributed by atoms with Gasteiger partial charge in [0.05, 0.1) is 23.3 Å². The van der Waals surface area contributed by atoms with E-state index in [2.05, 4.69) is 0 Å². The van der Waals surface area contributed by atoms with E-state index in [4.69, 9.17) is 5.73 Å². The van der Waals surface area contributed by atoms with Crippen LogP contribution in [-0.2, 0) is 12.4 Å². The van der Waals surface area contributed by atoms with E-state index >= 15 is 0 Å². The second-order valence-electron chi connectivity index (χ2n) is 5.50. The molecule has 0 unspecified atom stereocenters. The molecule has 1 aliphatic rings. The van der Waals surface area contributed by atoms with Crippen LogP contribution >= 0.6 is 0 Å². The van der Waals surface area contributed by atoms with Gasteiger partial charge in [-0.15, -0.1) is 0 Å². The fourth-order valence-electron chi connectivity index (χ4n) is 2.53. The van der Waals surface area contributed by atoms with Crippen molar-refractivity contribution in [3.05, 3.63) is 34.9 Å². The van der Waals surface area contributed by atoms with Crippen molar-refractivity contribution in [1.29, 1.82) is 0 Å². The van der Waals surface area contributed by atoms with Crippen LogP contribution in [0.1, 0.15) is 42.0 Å². The Bertz CT molecular complexity index is 535. The summed E-state index contributed by atoms with van der Waals surface area (Å²) in [7, 11) is 0. The summed E-state index contributed by atoms with van der Waals surface area (Å²) in [5.74, 6) is -0.210.